The zero-order chi connectivity index (χ0) is 28.1. The summed E-state index contributed by atoms with van der Waals surface area (Å²) in [4.78, 5) is 16.2. The predicted molar refractivity (Wildman–Crippen MR) is 131 cm³/mol. The molecule has 2 N–H and O–H groups in total. The van der Waals surface area contributed by atoms with Crippen LogP contribution in [0.4, 0.5) is 22.0 Å². The highest BCUT2D eigenvalue weighted by atomic mass is 19.2. The second kappa shape index (κ2) is 12.1. The first-order chi connectivity index (χ1) is 18.7. The zero-order valence-electron chi connectivity index (χ0n) is 20.6. The molecule has 0 radical (unpaired) electrons. The molecular weight excluding hydrogens is 523 g/mol. The largest absolute Gasteiger partial charge is 0.493 e. The molecule has 0 aliphatic rings. The molecule has 6 nitrogen and oxygen atoms in total. The van der Waals surface area contributed by atoms with E-state index in [0.717, 1.165) is 11.3 Å². The quantitative estimate of drug-likeness (QED) is 0.142. The second-order valence-corrected chi connectivity index (χ2v) is 8.65. The van der Waals surface area contributed by atoms with Crippen LogP contribution in [0.5, 0.6) is 5.75 Å². The molecule has 1 heterocycles. The fourth-order valence-electron chi connectivity index (χ4n) is 3.86. The predicted octanol–water partition coefficient (Wildman–Crippen LogP) is 5.75. The number of oxazole rings is 1. The third kappa shape index (κ3) is 6.43. The van der Waals surface area contributed by atoms with Crippen molar-refractivity contribution < 1.29 is 41.0 Å². The van der Waals surface area contributed by atoms with E-state index in [4.69, 9.17) is 9.15 Å². The van der Waals surface area contributed by atoms with Crippen LogP contribution >= 0.6 is 0 Å². The first-order valence-corrected chi connectivity index (χ1v) is 11.9. The highest BCUT2D eigenvalue weighted by Gasteiger charge is 2.27. The van der Waals surface area contributed by atoms with E-state index in [1.165, 1.54) is 0 Å². The number of nitrogens with zero attached hydrogens (tertiary/aromatic N) is 1. The van der Waals surface area contributed by atoms with E-state index < -0.39 is 53.2 Å². The molecule has 39 heavy (non-hydrogen) atoms. The first kappa shape index (κ1) is 27.8. The standard InChI is InChI=1S/C28H23F5N2O4/c1-15-20(35-27(39-15)17-5-3-2-4-6-17)11-12-38-18-9-7-16(8-10-18)13-21(28(36)37)34-14-19-22(29)24(31)26(33)25(32)23(19)30/h2-10,21,34H,11-14H2,1H3,(H,36,37). The normalized spacial score (nSPS) is 11.9. The van der Waals surface area contributed by atoms with E-state index in [1.807, 2.05) is 37.3 Å². The molecule has 3 aromatic carbocycles. The van der Waals surface area contributed by atoms with Gasteiger partial charge in [-0.3, -0.25) is 10.1 Å². The number of aryl methyl sites for hydroxylation is 1. The zero-order valence-corrected chi connectivity index (χ0v) is 20.6. The molecular formula is C28H23F5N2O4. The molecule has 0 amide bonds. The maximum absolute atomic E-state index is 13.9. The summed E-state index contributed by atoms with van der Waals surface area (Å²) in [5, 5.41) is 11.8. The molecule has 0 aliphatic heterocycles. The topological polar surface area (TPSA) is 84.6 Å². The first-order valence-electron chi connectivity index (χ1n) is 11.9. The van der Waals surface area contributed by atoms with Crippen molar-refractivity contribution in [1.29, 1.82) is 0 Å². The summed E-state index contributed by atoms with van der Waals surface area (Å²) < 4.78 is 79.4. The van der Waals surface area contributed by atoms with Gasteiger partial charge in [-0.15, -0.1) is 0 Å². The number of hydrogen-bond acceptors (Lipinski definition) is 5. The van der Waals surface area contributed by atoms with E-state index in [-0.39, 0.29) is 6.42 Å². The molecule has 0 saturated heterocycles. The van der Waals surface area contributed by atoms with E-state index in [9.17, 15) is 31.9 Å². The lowest BCUT2D eigenvalue weighted by Gasteiger charge is -2.16. The SMILES string of the molecule is Cc1oc(-c2ccccc2)nc1CCOc1ccc(CC(NCc2c(F)c(F)c(F)c(F)c2F)C(=O)O)cc1. The Hall–Kier alpha value is -4.25. The Kier molecular flexibility index (Phi) is 8.60. The fraction of sp³-hybridized carbons (Fsp3) is 0.214. The number of hydrogen-bond donors (Lipinski definition) is 2. The number of aliphatic carboxylic acids is 1. The van der Waals surface area contributed by atoms with Gasteiger partial charge in [-0.25, -0.2) is 26.9 Å². The van der Waals surface area contributed by atoms with Crippen molar-refractivity contribution in [3.63, 3.8) is 0 Å². The van der Waals surface area contributed by atoms with Gasteiger partial charge in [0.1, 0.15) is 17.6 Å². The van der Waals surface area contributed by atoms with E-state index in [2.05, 4.69) is 10.3 Å². The summed E-state index contributed by atoms with van der Waals surface area (Å²) in [6.45, 7) is 1.25. The molecule has 4 rings (SSSR count). The van der Waals surface area contributed by atoms with Gasteiger partial charge in [-0.1, -0.05) is 30.3 Å². The Labute approximate surface area is 220 Å². The molecule has 0 fully saturated rings. The number of benzene rings is 3. The third-order valence-electron chi connectivity index (χ3n) is 6.01. The monoisotopic (exact) mass is 546 g/mol. The van der Waals surface area contributed by atoms with Crippen molar-refractivity contribution in [3.8, 4) is 17.2 Å². The van der Waals surface area contributed by atoms with E-state index in [0.29, 0.717) is 36.0 Å². The van der Waals surface area contributed by atoms with Crippen molar-refractivity contribution in [2.75, 3.05) is 6.61 Å². The van der Waals surface area contributed by atoms with Crippen LogP contribution < -0.4 is 10.1 Å². The van der Waals surface area contributed by atoms with E-state index in [1.54, 1.807) is 24.3 Å². The lowest BCUT2D eigenvalue weighted by Crippen LogP contribution is -2.38. The van der Waals surface area contributed by atoms with Gasteiger partial charge in [-0.05, 0) is 43.2 Å². The molecule has 0 spiro atoms. The summed E-state index contributed by atoms with van der Waals surface area (Å²) in [6.07, 6.45) is 0.373. The Morgan fingerprint density at radius 3 is 2.18 bits per heavy atom. The van der Waals surface area contributed by atoms with Crippen LogP contribution in [0.2, 0.25) is 0 Å². The van der Waals surface area contributed by atoms with Crippen molar-refractivity contribution in [2.45, 2.75) is 32.4 Å². The number of carbonyl (C=O) groups is 1. The molecule has 1 atom stereocenters. The molecule has 0 saturated carbocycles. The van der Waals surface area contributed by atoms with Gasteiger partial charge in [0, 0.05) is 24.1 Å². The Balaban J connectivity index is 1.33. The van der Waals surface area contributed by atoms with Gasteiger partial charge >= 0.3 is 5.97 Å². The maximum Gasteiger partial charge on any atom is 0.321 e. The molecule has 0 aliphatic carbocycles. The summed E-state index contributed by atoms with van der Waals surface area (Å²) >= 11 is 0. The number of halogens is 5. The Morgan fingerprint density at radius 1 is 0.949 bits per heavy atom. The number of carboxylic acid groups (broad SMARTS) is 1. The van der Waals surface area contributed by atoms with Crippen LogP contribution in [0.1, 0.15) is 22.6 Å². The van der Waals surface area contributed by atoms with E-state index >= 15 is 0 Å². The Bertz CT molecular complexity index is 1430. The summed E-state index contributed by atoms with van der Waals surface area (Å²) in [7, 11) is 0. The van der Waals surface area contributed by atoms with Crippen LogP contribution in [0, 0.1) is 36.0 Å². The number of ether oxygens (including phenoxy) is 1. The fourth-order valence-corrected chi connectivity index (χ4v) is 3.86. The maximum atomic E-state index is 13.9. The summed E-state index contributed by atoms with van der Waals surface area (Å²) in [5.74, 6) is -10.1. The highest BCUT2D eigenvalue weighted by molar-refractivity contribution is 5.74. The van der Waals surface area contributed by atoms with Gasteiger partial charge < -0.3 is 14.3 Å². The molecule has 4 aromatic rings. The smallest absolute Gasteiger partial charge is 0.321 e. The van der Waals surface area contributed by atoms with Crippen LogP contribution in [0.3, 0.4) is 0 Å². The minimum atomic E-state index is -2.28. The average molecular weight is 546 g/mol. The van der Waals surface area contributed by atoms with Gasteiger partial charge in [0.15, 0.2) is 23.3 Å². The number of carboxylic acids is 1. The van der Waals surface area contributed by atoms with Gasteiger partial charge in [0.05, 0.1) is 12.3 Å². The summed E-state index contributed by atoms with van der Waals surface area (Å²) in [5.41, 5.74) is 1.03. The molecule has 0 bridgehead atoms. The van der Waals surface area contributed by atoms with Crippen LogP contribution in [-0.4, -0.2) is 28.7 Å². The highest BCUT2D eigenvalue weighted by Crippen LogP contribution is 2.24. The van der Waals surface area contributed by atoms with Crippen LogP contribution in [0.25, 0.3) is 11.5 Å². The number of rotatable bonds is 11. The van der Waals surface area contributed by atoms with Gasteiger partial charge in [0.25, 0.3) is 0 Å². The second-order valence-electron chi connectivity index (χ2n) is 8.65. The minimum absolute atomic E-state index is 0.120. The van der Waals surface area contributed by atoms with Crippen molar-refractivity contribution >= 4 is 5.97 Å². The summed E-state index contributed by atoms with van der Waals surface area (Å²) in [6, 6.07) is 14.6. The number of aromatic nitrogens is 1. The molecule has 1 unspecified atom stereocenters. The van der Waals surface area contributed by atoms with Gasteiger partial charge in [-0.2, -0.15) is 0 Å². The van der Waals surface area contributed by atoms with Gasteiger partial charge in [0.2, 0.25) is 11.7 Å². The number of nitrogens with one attached hydrogen (secondary N) is 1. The third-order valence-corrected chi connectivity index (χ3v) is 6.01. The van der Waals surface area contributed by atoms with Crippen LogP contribution in [-0.2, 0) is 24.2 Å². The molecule has 1 aromatic heterocycles. The average Bonchev–Trinajstić information content (AvgIpc) is 3.31. The Morgan fingerprint density at radius 2 is 1.56 bits per heavy atom. The minimum Gasteiger partial charge on any atom is -0.493 e. The van der Waals surface area contributed by atoms with Crippen molar-refractivity contribution in [2.24, 2.45) is 0 Å². The van der Waals surface area contributed by atoms with Crippen LogP contribution in [0.15, 0.2) is 59.0 Å². The molecule has 204 valence electrons. The lowest BCUT2D eigenvalue weighted by atomic mass is 10.0. The molecule has 11 heteroatoms. The van der Waals surface area contributed by atoms with Crippen molar-refractivity contribution in [1.82, 2.24) is 10.3 Å². The lowest BCUT2D eigenvalue weighted by molar-refractivity contribution is -0.139. The van der Waals surface area contributed by atoms with Crippen molar-refractivity contribution in [3.05, 3.63) is 106 Å².